The minimum absolute atomic E-state index is 0.0590. The minimum atomic E-state index is -0.624. The number of esters is 2. The first kappa shape index (κ1) is 22.7. The van der Waals surface area contributed by atoms with Crippen molar-refractivity contribution >= 4 is 79.0 Å². The molecule has 0 N–H and O–H groups in total. The summed E-state index contributed by atoms with van der Waals surface area (Å²) in [6.07, 6.45) is 1.49. The molecule has 9 heteroatoms. The molecule has 0 radical (unpaired) electrons. The van der Waals surface area contributed by atoms with Gasteiger partial charge < -0.3 is 9.47 Å². The second kappa shape index (κ2) is 9.58. The maximum absolute atomic E-state index is 12.6. The van der Waals surface area contributed by atoms with E-state index < -0.39 is 11.9 Å². The van der Waals surface area contributed by atoms with Crippen molar-refractivity contribution in [1.29, 1.82) is 0 Å². The summed E-state index contributed by atoms with van der Waals surface area (Å²) < 4.78 is 12.1. The maximum atomic E-state index is 12.6. The fourth-order valence-corrected chi connectivity index (χ4v) is 4.40. The largest absolute Gasteiger partial charge is 0.421 e. The second-order valence-corrected chi connectivity index (χ2v) is 9.19. The highest BCUT2D eigenvalue weighted by Crippen LogP contribution is 2.36. The number of hydrogen-bond donors (Lipinski definition) is 0. The van der Waals surface area contributed by atoms with Crippen molar-refractivity contribution in [2.75, 3.05) is 0 Å². The fourth-order valence-electron chi connectivity index (χ4n) is 2.81. The normalized spacial score (nSPS) is 14.3. The smallest absolute Gasteiger partial charge is 0.363 e. The summed E-state index contributed by atoms with van der Waals surface area (Å²) in [6.45, 7) is 0. The fraction of sp³-hybridized carbons (Fsp3) is 0. The van der Waals surface area contributed by atoms with Crippen LogP contribution in [0.5, 0.6) is 5.75 Å². The predicted octanol–water partition coefficient (Wildman–Crippen LogP) is 7.08. The Bertz CT molecular complexity index is 1290. The van der Waals surface area contributed by atoms with Crippen molar-refractivity contribution in [1.82, 2.24) is 0 Å². The summed E-state index contributed by atoms with van der Waals surface area (Å²) in [6, 6.07) is 16.5. The Kier molecular flexibility index (Phi) is 6.81. The number of carbonyl (C=O) groups is 2. The summed E-state index contributed by atoms with van der Waals surface area (Å²) in [5.74, 6) is -0.819. The van der Waals surface area contributed by atoms with Crippen LogP contribution in [-0.2, 0) is 9.53 Å². The molecule has 160 valence electrons. The van der Waals surface area contributed by atoms with Gasteiger partial charge in [-0.25, -0.2) is 14.6 Å². The van der Waals surface area contributed by atoms with Crippen molar-refractivity contribution in [3.63, 3.8) is 0 Å². The zero-order chi connectivity index (χ0) is 22.8. The topological polar surface area (TPSA) is 65.0 Å². The molecule has 0 atom stereocenters. The molecule has 1 heterocycles. The van der Waals surface area contributed by atoms with Crippen molar-refractivity contribution in [2.45, 2.75) is 0 Å². The van der Waals surface area contributed by atoms with Gasteiger partial charge in [0.25, 0.3) is 0 Å². The number of rotatable bonds is 4. The van der Waals surface area contributed by atoms with E-state index in [1.54, 1.807) is 60.7 Å². The average Bonchev–Trinajstić information content (AvgIpc) is 3.11. The molecule has 0 saturated carbocycles. The Hall–Kier alpha value is -2.45. The van der Waals surface area contributed by atoms with Crippen molar-refractivity contribution < 1.29 is 19.1 Å². The van der Waals surface area contributed by atoms with E-state index in [1.165, 1.54) is 6.08 Å². The van der Waals surface area contributed by atoms with Crippen LogP contribution in [0.3, 0.4) is 0 Å². The molecule has 0 bridgehead atoms. The Morgan fingerprint density at radius 2 is 1.59 bits per heavy atom. The van der Waals surface area contributed by atoms with Crippen LogP contribution in [0.25, 0.3) is 6.08 Å². The Morgan fingerprint density at radius 1 is 0.969 bits per heavy atom. The Balaban J connectivity index is 1.69. The predicted molar refractivity (Wildman–Crippen MR) is 130 cm³/mol. The molecule has 5 nitrogen and oxygen atoms in total. The van der Waals surface area contributed by atoms with Crippen LogP contribution >= 0.6 is 55.1 Å². The van der Waals surface area contributed by atoms with E-state index in [0.29, 0.717) is 35.7 Å². The van der Waals surface area contributed by atoms with Crippen LogP contribution in [0.4, 0.5) is 0 Å². The van der Waals surface area contributed by atoms with Gasteiger partial charge in [0.2, 0.25) is 5.90 Å². The lowest BCUT2D eigenvalue weighted by molar-refractivity contribution is -0.129. The first-order valence-corrected chi connectivity index (χ1v) is 11.4. The van der Waals surface area contributed by atoms with E-state index in [9.17, 15) is 9.59 Å². The zero-order valence-electron chi connectivity index (χ0n) is 15.9. The molecule has 1 aliphatic rings. The first-order chi connectivity index (χ1) is 15.3. The van der Waals surface area contributed by atoms with E-state index in [2.05, 4.69) is 36.9 Å². The van der Waals surface area contributed by atoms with E-state index in [0.717, 1.165) is 0 Å². The molecule has 0 unspecified atom stereocenters. The van der Waals surface area contributed by atoms with Gasteiger partial charge in [0, 0.05) is 25.6 Å². The van der Waals surface area contributed by atoms with Crippen LogP contribution in [0.15, 0.2) is 80.3 Å². The van der Waals surface area contributed by atoms with E-state index in [4.69, 9.17) is 32.7 Å². The van der Waals surface area contributed by atoms with Crippen molar-refractivity contribution in [3.05, 3.63) is 102 Å². The van der Waals surface area contributed by atoms with Gasteiger partial charge in [-0.1, -0.05) is 39.1 Å². The number of carbonyl (C=O) groups excluding carboxylic acids is 2. The summed E-state index contributed by atoms with van der Waals surface area (Å²) >= 11 is 18.6. The molecule has 0 amide bonds. The maximum Gasteiger partial charge on any atom is 0.363 e. The molecule has 0 aliphatic carbocycles. The van der Waals surface area contributed by atoms with Gasteiger partial charge >= 0.3 is 11.9 Å². The molecule has 1 aliphatic heterocycles. The number of aliphatic imine (C=N–C) groups is 1. The van der Waals surface area contributed by atoms with E-state index >= 15 is 0 Å². The number of hydrogen-bond acceptors (Lipinski definition) is 5. The lowest BCUT2D eigenvalue weighted by Gasteiger charge is -2.11. The van der Waals surface area contributed by atoms with E-state index in [1.807, 2.05) is 0 Å². The quantitative estimate of drug-likeness (QED) is 0.184. The summed E-state index contributed by atoms with van der Waals surface area (Å²) in [7, 11) is 0. The number of ether oxygens (including phenoxy) is 2. The lowest BCUT2D eigenvalue weighted by atomic mass is 10.1. The molecule has 0 saturated heterocycles. The molecule has 0 spiro atoms. The second-order valence-electron chi connectivity index (χ2n) is 6.55. The van der Waals surface area contributed by atoms with Gasteiger partial charge in [-0.15, -0.1) is 0 Å². The van der Waals surface area contributed by atoms with E-state index in [-0.39, 0.29) is 17.3 Å². The highest BCUT2D eigenvalue weighted by Gasteiger charge is 2.25. The molecular formula is C23H11Br2Cl2NO4. The lowest BCUT2D eigenvalue weighted by Crippen LogP contribution is -2.10. The molecule has 0 aromatic heterocycles. The van der Waals surface area contributed by atoms with Crippen LogP contribution < -0.4 is 4.74 Å². The Morgan fingerprint density at radius 3 is 2.25 bits per heavy atom. The summed E-state index contributed by atoms with van der Waals surface area (Å²) in [5.41, 5.74) is 1.44. The first-order valence-electron chi connectivity index (χ1n) is 9.05. The third kappa shape index (κ3) is 5.13. The van der Waals surface area contributed by atoms with Gasteiger partial charge in [-0.05, 0) is 82.7 Å². The van der Waals surface area contributed by atoms with Crippen LogP contribution in [0.2, 0.25) is 10.0 Å². The number of nitrogens with zero attached hydrogens (tertiary/aromatic N) is 1. The molecule has 32 heavy (non-hydrogen) atoms. The third-order valence-corrected chi connectivity index (χ3v) is 5.87. The van der Waals surface area contributed by atoms with Crippen LogP contribution in [0, 0.1) is 0 Å². The standard InChI is InChI=1S/C23H11Br2Cl2NO4/c24-15-9-14(10-19-23(30)32-21(28-19)12-1-5-16(26)6-2-12)20(18(25)11-15)31-22(29)13-3-7-17(27)8-4-13/h1-11H/b19-10-. The average molecular weight is 596 g/mol. The zero-order valence-corrected chi connectivity index (χ0v) is 20.6. The highest BCUT2D eigenvalue weighted by molar-refractivity contribution is 9.11. The molecule has 3 aromatic rings. The highest BCUT2D eigenvalue weighted by atomic mass is 79.9. The summed E-state index contributed by atoms with van der Waals surface area (Å²) in [4.78, 5) is 29.3. The molecule has 3 aromatic carbocycles. The van der Waals surface area contributed by atoms with Crippen LogP contribution in [-0.4, -0.2) is 17.8 Å². The van der Waals surface area contributed by atoms with Gasteiger partial charge in [0.1, 0.15) is 0 Å². The third-order valence-electron chi connectivity index (χ3n) is 4.32. The van der Waals surface area contributed by atoms with Crippen LogP contribution in [0.1, 0.15) is 21.5 Å². The van der Waals surface area contributed by atoms with Gasteiger partial charge in [0.15, 0.2) is 11.4 Å². The Labute approximate surface area is 209 Å². The number of cyclic esters (lactones) is 1. The SMILES string of the molecule is O=C1OC(c2ccc(Cl)cc2)=N/C1=C\c1cc(Br)cc(Br)c1OC(=O)c1ccc(Cl)cc1. The number of benzene rings is 3. The van der Waals surface area contributed by atoms with Gasteiger partial charge in [0.05, 0.1) is 10.0 Å². The number of halogens is 4. The molecule has 0 fully saturated rings. The van der Waals surface area contributed by atoms with Crippen molar-refractivity contribution in [2.24, 2.45) is 4.99 Å². The summed E-state index contributed by atoms with van der Waals surface area (Å²) in [5, 5.41) is 1.06. The molecular weight excluding hydrogens is 585 g/mol. The van der Waals surface area contributed by atoms with Crippen molar-refractivity contribution in [3.8, 4) is 5.75 Å². The monoisotopic (exact) mass is 593 g/mol. The van der Waals surface area contributed by atoms with Gasteiger partial charge in [-0.2, -0.15) is 0 Å². The van der Waals surface area contributed by atoms with Gasteiger partial charge in [-0.3, -0.25) is 0 Å². The minimum Gasteiger partial charge on any atom is -0.421 e. The molecule has 4 rings (SSSR count).